The molecule has 172 valence electrons. The first kappa shape index (κ1) is 21.7. The fourth-order valence-electron chi connectivity index (χ4n) is 4.37. The summed E-state index contributed by atoms with van der Waals surface area (Å²) >= 11 is 0. The highest BCUT2D eigenvalue weighted by molar-refractivity contribution is 5.96. The van der Waals surface area contributed by atoms with Crippen molar-refractivity contribution in [1.82, 2.24) is 20.2 Å². The second-order valence-electron chi connectivity index (χ2n) is 8.42. The Hall–Kier alpha value is -4.13. The van der Waals surface area contributed by atoms with Gasteiger partial charge in [0.15, 0.2) is 0 Å². The number of carbonyl (C=O) groups is 2. The molecule has 7 nitrogen and oxygen atoms in total. The van der Waals surface area contributed by atoms with Crippen molar-refractivity contribution < 1.29 is 9.59 Å². The fourth-order valence-corrected chi connectivity index (χ4v) is 4.37. The third-order valence-corrected chi connectivity index (χ3v) is 6.12. The van der Waals surface area contributed by atoms with Crippen LogP contribution in [0.1, 0.15) is 11.1 Å². The molecule has 0 radical (unpaired) electrons. The third-order valence-electron chi connectivity index (χ3n) is 6.12. The number of imidazole rings is 1. The van der Waals surface area contributed by atoms with Gasteiger partial charge in [0.2, 0.25) is 11.9 Å². The van der Waals surface area contributed by atoms with Crippen LogP contribution in [0.5, 0.6) is 0 Å². The first-order valence-corrected chi connectivity index (χ1v) is 11.6. The molecule has 2 heterocycles. The van der Waals surface area contributed by atoms with Crippen LogP contribution in [0.15, 0.2) is 84.9 Å². The molecule has 0 bridgehead atoms. The minimum atomic E-state index is -0.691. The lowest BCUT2D eigenvalue weighted by Gasteiger charge is -2.22. The number of amides is 3. The first-order valence-electron chi connectivity index (χ1n) is 11.6. The Morgan fingerprint density at radius 2 is 1.53 bits per heavy atom. The zero-order valence-electron chi connectivity index (χ0n) is 18.9. The maximum absolute atomic E-state index is 13.3. The van der Waals surface area contributed by atoms with Crippen molar-refractivity contribution in [1.29, 1.82) is 0 Å². The Kier molecular flexibility index (Phi) is 6.25. The van der Waals surface area contributed by atoms with Crippen LogP contribution in [-0.2, 0) is 24.2 Å². The molecule has 5 rings (SSSR count). The molecule has 3 aromatic carbocycles. The largest absolute Gasteiger partial charge is 0.354 e. The van der Waals surface area contributed by atoms with E-state index in [1.54, 1.807) is 4.90 Å². The van der Waals surface area contributed by atoms with Gasteiger partial charge in [-0.3, -0.25) is 9.69 Å². The van der Waals surface area contributed by atoms with Crippen LogP contribution in [0.25, 0.3) is 11.0 Å². The zero-order chi connectivity index (χ0) is 23.3. The van der Waals surface area contributed by atoms with Crippen molar-refractivity contribution in [3.05, 3.63) is 96.1 Å². The molecule has 7 heteroatoms. The number of para-hydroxylation sites is 2. The van der Waals surface area contributed by atoms with Gasteiger partial charge in [0.1, 0.15) is 6.04 Å². The minimum Gasteiger partial charge on any atom is -0.354 e. The summed E-state index contributed by atoms with van der Waals surface area (Å²) < 4.78 is 2.04. The number of carbonyl (C=O) groups excluding carboxylic acids is 2. The number of urea groups is 1. The van der Waals surface area contributed by atoms with Gasteiger partial charge < -0.3 is 15.2 Å². The van der Waals surface area contributed by atoms with E-state index in [0.717, 1.165) is 28.6 Å². The van der Waals surface area contributed by atoms with Gasteiger partial charge in [0.25, 0.3) is 0 Å². The van der Waals surface area contributed by atoms with Crippen LogP contribution in [0.2, 0.25) is 0 Å². The highest BCUT2D eigenvalue weighted by Crippen LogP contribution is 2.27. The monoisotopic (exact) mass is 453 g/mol. The normalized spacial score (nSPS) is 13.5. The lowest BCUT2D eigenvalue weighted by atomic mass is 10.1. The Morgan fingerprint density at radius 3 is 2.29 bits per heavy atom. The van der Waals surface area contributed by atoms with E-state index in [9.17, 15) is 9.59 Å². The molecule has 4 aromatic rings. The van der Waals surface area contributed by atoms with Crippen molar-refractivity contribution in [3.8, 4) is 0 Å². The van der Waals surface area contributed by atoms with Gasteiger partial charge >= 0.3 is 6.03 Å². The lowest BCUT2D eigenvalue weighted by molar-refractivity contribution is -0.122. The van der Waals surface area contributed by atoms with Crippen molar-refractivity contribution in [2.45, 2.75) is 25.4 Å². The molecule has 1 aromatic heterocycles. The Balaban J connectivity index is 1.29. The van der Waals surface area contributed by atoms with Crippen molar-refractivity contribution in [2.75, 3.05) is 18.0 Å². The van der Waals surface area contributed by atoms with Crippen LogP contribution < -0.4 is 15.5 Å². The van der Waals surface area contributed by atoms with E-state index in [-0.39, 0.29) is 11.9 Å². The Morgan fingerprint density at radius 1 is 0.853 bits per heavy atom. The average Bonchev–Trinajstić information content (AvgIpc) is 3.44. The van der Waals surface area contributed by atoms with Gasteiger partial charge in [-0.2, -0.15) is 0 Å². The van der Waals surface area contributed by atoms with Gasteiger partial charge in [0, 0.05) is 26.1 Å². The van der Waals surface area contributed by atoms with E-state index in [4.69, 9.17) is 0 Å². The van der Waals surface area contributed by atoms with Gasteiger partial charge in [0.05, 0.1) is 11.0 Å². The average molecular weight is 454 g/mol. The maximum atomic E-state index is 13.3. The highest BCUT2D eigenvalue weighted by atomic mass is 16.2. The number of benzene rings is 3. The molecule has 1 atom stereocenters. The second-order valence-corrected chi connectivity index (χ2v) is 8.42. The quantitative estimate of drug-likeness (QED) is 0.449. The molecule has 0 spiro atoms. The molecule has 1 aliphatic rings. The summed E-state index contributed by atoms with van der Waals surface area (Å²) in [5.74, 6) is 0.419. The Labute approximate surface area is 198 Å². The van der Waals surface area contributed by atoms with Gasteiger partial charge in [-0.1, -0.05) is 72.8 Å². The number of aromatic nitrogens is 2. The summed E-state index contributed by atoms with van der Waals surface area (Å²) in [6.45, 7) is 1.70. The van der Waals surface area contributed by atoms with Crippen LogP contribution >= 0.6 is 0 Å². The summed E-state index contributed by atoms with van der Waals surface area (Å²) in [4.78, 5) is 32.6. The predicted molar refractivity (Wildman–Crippen MR) is 133 cm³/mol. The van der Waals surface area contributed by atoms with Gasteiger partial charge in [-0.15, -0.1) is 0 Å². The van der Waals surface area contributed by atoms with E-state index in [2.05, 4.69) is 15.6 Å². The predicted octanol–water partition coefficient (Wildman–Crippen LogP) is 3.54. The fraction of sp³-hybridized carbons (Fsp3) is 0.222. The van der Waals surface area contributed by atoms with E-state index < -0.39 is 6.04 Å². The number of nitrogens with zero attached hydrogens (tertiary/aromatic N) is 3. The Bertz CT molecular complexity index is 1290. The molecule has 3 amide bonds. The standard InChI is InChI=1S/C27H27N5O2/c33-25(28-16-15-20-9-3-1-4-10-20)23(19-21-11-5-2-6-12-21)30-27(34)32-18-17-31-24-14-8-7-13-22(24)29-26(31)32/h1-14,23H,15-19H2,(H,28,33)(H,30,34). The van der Waals surface area contributed by atoms with Crippen molar-refractivity contribution in [3.63, 3.8) is 0 Å². The molecule has 2 N–H and O–H groups in total. The molecular formula is C27H27N5O2. The number of hydrogen-bond acceptors (Lipinski definition) is 3. The van der Waals surface area contributed by atoms with Crippen molar-refractivity contribution >= 4 is 28.9 Å². The molecule has 0 saturated heterocycles. The number of hydrogen-bond donors (Lipinski definition) is 2. The third kappa shape index (κ3) is 4.64. The highest BCUT2D eigenvalue weighted by Gasteiger charge is 2.31. The van der Waals surface area contributed by atoms with Gasteiger partial charge in [-0.05, 0) is 29.7 Å². The smallest absolute Gasteiger partial charge is 0.324 e. The molecule has 1 aliphatic heterocycles. The summed E-state index contributed by atoms with van der Waals surface area (Å²) in [6.07, 6.45) is 1.14. The summed E-state index contributed by atoms with van der Waals surface area (Å²) in [6, 6.07) is 26.6. The topological polar surface area (TPSA) is 79.3 Å². The molecule has 34 heavy (non-hydrogen) atoms. The zero-order valence-corrected chi connectivity index (χ0v) is 18.9. The minimum absolute atomic E-state index is 0.194. The lowest BCUT2D eigenvalue weighted by Crippen LogP contribution is -2.52. The number of anilines is 1. The van der Waals surface area contributed by atoms with E-state index in [1.165, 1.54) is 0 Å². The molecule has 0 saturated carbocycles. The van der Waals surface area contributed by atoms with Crippen LogP contribution in [0.4, 0.5) is 10.7 Å². The van der Waals surface area contributed by atoms with Crippen LogP contribution in [0, 0.1) is 0 Å². The molecule has 1 unspecified atom stereocenters. The number of rotatable bonds is 7. The maximum Gasteiger partial charge on any atom is 0.324 e. The van der Waals surface area contributed by atoms with E-state index in [1.807, 2.05) is 89.5 Å². The van der Waals surface area contributed by atoms with Crippen LogP contribution in [0.3, 0.4) is 0 Å². The molecule has 0 fully saturated rings. The van der Waals surface area contributed by atoms with Crippen LogP contribution in [-0.4, -0.2) is 40.6 Å². The second kappa shape index (κ2) is 9.79. The summed E-state index contributed by atoms with van der Waals surface area (Å²) in [5.41, 5.74) is 4.00. The summed E-state index contributed by atoms with van der Waals surface area (Å²) in [5, 5.41) is 5.96. The molecular weight excluding hydrogens is 426 g/mol. The van der Waals surface area contributed by atoms with Crippen molar-refractivity contribution in [2.24, 2.45) is 0 Å². The number of nitrogens with one attached hydrogen (secondary N) is 2. The summed E-state index contributed by atoms with van der Waals surface area (Å²) in [7, 11) is 0. The SMILES string of the molecule is O=C(NCCc1ccccc1)C(Cc1ccccc1)NC(=O)N1CCn2c1nc1ccccc12. The number of fused-ring (bicyclic) bond motifs is 3. The van der Waals surface area contributed by atoms with Gasteiger partial charge in [-0.25, -0.2) is 9.78 Å². The molecule has 0 aliphatic carbocycles. The van der Waals surface area contributed by atoms with E-state index in [0.29, 0.717) is 32.0 Å². The first-order chi connectivity index (χ1) is 16.7. The van der Waals surface area contributed by atoms with E-state index >= 15 is 0 Å².